The largest absolute Gasteiger partial charge is 0.496 e. The van der Waals surface area contributed by atoms with Crippen LogP contribution in [0.5, 0.6) is 5.75 Å². The maximum absolute atomic E-state index is 5.52. The third-order valence-corrected chi connectivity index (χ3v) is 6.29. The Morgan fingerprint density at radius 3 is 2.67 bits per heavy atom. The van der Waals surface area contributed by atoms with Crippen molar-refractivity contribution in [3.63, 3.8) is 0 Å². The first-order chi connectivity index (χ1) is 12.6. The molecule has 27 heavy (non-hydrogen) atoms. The fourth-order valence-electron chi connectivity index (χ4n) is 3.08. The van der Waals surface area contributed by atoms with Gasteiger partial charge in [0.05, 0.1) is 13.7 Å². The van der Waals surface area contributed by atoms with Gasteiger partial charge in [-0.3, -0.25) is 4.99 Å². The van der Waals surface area contributed by atoms with Crippen molar-refractivity contribution >= 4 is 41.7 Å². The van der Waals surface area contributed by atoms with Gasteiger partial charge in [0, 0.05) is 31.1 Å². The number of guanidine groups is 1. The van der Waals surface area contributed by atoms with Gasteiger partial charge in [-0.25, -0.2) is 0 Å². The van der Waals surface area contributed by atoms with Crippen LogP contribution in [0.25, 0.3) is 0 Å². The van der Waals surface area contributed by atoms with E-state index in [9.17, 15) is 0 Å². The molecule has 1 aliphatic rings. The molecule has 0 unspecified atom stereocenters. The fourth-order valence-corrected chi connectivity index (χ4v) is 3.85. The van der Waals surface area contributed by atoms with Crippen molar-refractivity contribution in [3.8, 4) is 5.75 Å². The predicted octanol–water partition coefficient (Wildman–Crippen LogP) is 3.63. The van der Waals surface area contributed by atoms with Crippen molar-refractivity contribution in [1.82, 2.24) is 10.6 Å². The van der Waals surface area contributed by atoms with Crippen LogP contribution in [0.2, 0.25) is 0 Å². The minimum Gasteiger partial charge on any atom is -0.496 e. The Kier molecular flexibility index (Phi) is 11.5. The Morgan fingerprint density at radius 1 is 1.30 bits per heavy atom. The highest BCUT2D eigenvalue weighted by atomic mass is 127. The molecule has 0 radical (unpaired) electrons. The molecule has 2 rings (SSSR count). The van der Waals surface area contributed by atoms with E-state index in [4.69, 9.17) is 14.5 Å². The van der Waals surface area contributed by atoms with Crippen molar-refractivity contribution < 1.29 is 9.47 Å². The number of halogens is 1. The summed E-state index contributed by atoms with van der Waals surface area (Å²) in [5.74, 6) is 1.84. The highest BCUT2D eigenvalue weighted by molar-refractivity contribution is 14.0. The Morgan fingerprint density at radius 2 is 2.04 bits per heavy atom. The van der Waals surface area contributed by atoms with Crippen LogP contribution >= 0.6 is 35.7 Å². The van der Waals surface area contributed by atoms with Crippen molar-refractivity contribution in [3.05, 3.63) is 29.3 Å². The van der Waals surface area contributed by atoms with E-state index in [2.05, 4.69) is 48.9 Å². The second kappa shape index (κ2) is 12.7. The first kappa shape index (κ1) is 24.4. The Balaban J connectivity index is 0.00000364. The topological polar surface area (TPSA) is 54.9 Å². The van der Waals surface area contributed by atoms with E-state index in [-0.39, 0.29) is 28.7 Å². The van der Waals surface area contributed by atoms with Gasteiger partial charge >= 0.3 is 0 Å². The number of methoxy groups -OCH3 is 1. The molecule has 1 aliphatic heterocycles. The summed E-state index contributed by atoms with van der Waals surface area (Å²) >= 11 is 1.92. The van der Waals surface area contributed by atoms with Gasteiger partial charge in [0.2, 0.25) is 0 Å². The number of hydrogen-bond acceptors (Lipinski definition) is 4. The van der Waals surface area contributed by atoms with Crippen LogP contribution in [0.3, 0.4) is 0 Å². The van der Waals surface area contributed by atoms with Crippen LogP contribution in [0.15, 0.2) is 23.2 Å². The van der Waals surface area contributed by atoms with Gasteiger partial charge in [0.25, 0.3) is 0 Å². The zero-order chi connectivity index (χ0) is 18.8. The zero-order valence-electron chi connectivity index (χ0n) is 17.0. The molecule has 0 amide bonds. The Hall–Kier alpha value is -0.670. The second-order valence-electron chi connectivity index (χ2n) is 6.68. The number of thioether (sulfide) groups is 1. The number of aryl methyl sites for hydroxylation is 1. The lowest BCUT2D eigenvalue weighted by atomic mass is 9.99. The van der Waals surface area contributed by atoms with E-state index in [1.54, 1.807) is 7.11 Å². The normalized spacial score (nSPS) is 16.4. The average Bonchev–Trinajstić information content (AvgIpc) is 2.68. The minimum atomic E-state index is 0. The summed E-state index contributed by atoms with van der Waals surface area (Å²) < 4.78 is 11.1. The molecule has 0 spiro atoms. The summed E-state index contributed by atoms with van der Waals surface area (Å²) in [4.78, 5) is 4.85. The van der Waals surface area contributed by atoms with E-state index in [1.165, 1.54) is 5.56 Å². The Bertz CT molecular complexity index is 593. The third-order valence-electron chi connectivity index (χ3n) is 4.89. The summed E-state index contributed by atoms with van der Waals surface area (Å²) in [6.45, 7) is 8.37. The van der Waals surface area contributed by atoms with Crippen molar-refractivity contribution in [2.45, 2.75) is 37.9 Å². The third kappa shape index (κ3) is 7.69. The first-order valence-corrected chi connectivity index (χ1v) is 10.6. The standard InChI is InChI=1S/C20H33N3O2S.HI/c1-5-21-19(23-15-20(26-4)9-12-25-13-10-20)22-11-8-17-7-6-16(2)18(14-17)24-3;/h6-7,14H,5,8-13,15H2,1-4H3,(H2,21,22,23);1H. The molecule has 5 nitrogen and oxygen atoms in total. The molecule has 0 bridgehead atoms. The Labute approximate surface area is 185 Å². The number of rotatable bonds is 8. The molecular weight excluding hydrogens is 473 g/mol. The smallest absolute Gasteiger partial charge is 0.191 e. The van der Waals surface area contributed by atoms with Crippen molar-refractivity contribution in [2.24, 2.45) is 4.99 Å². The van der Waals surface area contributed by atoms with Crippen molar-refractivity contribution in [1.29, 1.82) is 0 Å². The quantitative estimate of drug-likeness (QED) is 0.320. The summed E-state index contributed by atoms with van der Waals surface area (Å²) in [5.41, 5.74) is 2.43. The van der Waals surface area contributed by atoms with E-state index < -0.39 is 0 Å². The second-order valence-corrected chi connectivity index (χ2v) is 7.95. The first-order valence-electron chi connectivity index (χ1n) is 9.41. The molecule has 7 heteroatoms. The molecule has 0 atom stereocenters. The van der Waals surface area contributed by atoms with E-state index in [0.717, 1.165) is 69.4 Å². The molecule has 1 heterocycles. The number of nitrogens with zero attached hydrogens (tertiary/aromatic N) is 1. The minimum absolute atomic E-state index is 0. The lowest BCUT2D eigenvalue weighted by Crippen LogP contribution is -2.41. The molecule has 1 fully saturated rings. The van der Waals surface area contributed by atoms with E-state index >= 15 is 0 Å². The van der Waals surface area contributed by atoms with E-state index in [1.807, 2.05) is 11.8 Å². The van der Waals surface area contributed by atoms with Crippen molar-refractivity contribution in [2.75, 3.05) is 46.2 Å². The summed E-state index contributed by atoms with van der Waals surface area (Å²) in [6.07, 6.45) is 5.26. The molecule has 1 aromatic carbocycles. The van der Waals surface area contributed by atoms with Gasteiger partial charge in [0.1, 0.15) is 5.75 Å². The fraction of sp³-hybridized carbons (Fsp3) is 0.650. The van der Waals surface area contributed by atoms with Crippen LogP contribution in [0.1, 0.15) is 30.9 Å². The van der Waals surface area contributed by atoms with Gasteiger partial charge in [0.15, 0.2) is 5.96 Å². The van der Waals surface area contributed by atoms with E-state index in [0.29, 0.717) is 0 Å². The number of aliphatic imine (C=N–C) groups is 1. The maximum atomic E-state index is 5.52. The van der Waals surface area contributed by atoms with Crippen LogP contribution < -0.4 is 15.4 Å². The SMILES string of the molecule is CCNC(=NCC1(SC)CCOCC1)NCCc1ccc(C)c(OC)c1.I. The van der Waals surface area contributed by atoms with Gasteiger partial charge < -0.3 is 20.1 Å². The number of ether oxygens (including phenoxy) is 2. The molecule has 2 N–H and O–H groups in total. The lowest BCUT2D eigenvalue weighted by molar-refractivity contribution is 0.0794. The van der Waals surface area contributed by atoms with Crippen LogP contribution in [-0.2, 0) is 11.2 Å². The molecule has 0 saturated carbocycles. The predicted molar refractivity (Wildman–Crippen MR) is 127 cm³/mol. The molecule has 1 aromatic rings. The lowest BCUT2D eigenvalue weighted by Gasteiger charge is -2.34. The molecule has 0 aromatic heterocycles. The van der Waals surface area contributed by atoms with Gasteiger partial charge in [-0.1, -0.05) is 12.1 Å². The number of benzene rings is 1. The molecular formula is C20H34IN3O2S. The summed E-state index contributed by atoms with van der Waals surface area (Å²) in [6, 6.07) is 6.39. The highest BCUT2D eigenvalue weighted by Gasteiger charge is 2.31. The highest BCUT2D eigenvalue weighted by Crippen LogP contribution is 2.33. The average molecular weight is 507 g/mol. The monoisotopic (exact) mass is 507 g/mol. The number of hydrogen-bond donors (Lipinski definition) is 2. The van der Waals surface area contributed by atoms with Gasteiger partial charge in [-0.15, -0.1) is 24.0 Å². The van der Waals surface area contributed by atoms with Crippen LogP contribution in [-0.4, -0.2) is 56.9 Å². The molecule has 154 valence electrons. The maximum Gasteiger partial charge on any atom is 0.191 e. The summed E-state index contributed by atoms with van der Waals surface area (Å²) in [7, 11) is 1.72. The summed E-state index contributed by atoms with van der Waals surface area (Å²) in [5, 5.41) is 6.81. The van der Waals surface area contributed by atoms with Gasteiger partial charge in [-0.2, -0.15) is 11.8 Å². The molecule has 0 aliphatic carbocycles. The number of nitrogens with one attached hydrogen (secondary N) is 2. The van der Waals surface area contributed by atoms with Crippen LogP contribution in [0.4, 0.5) is 0 Å². The zero-order valence-corrected chi connectivity index (χ0v) is 20.1. The van der Waals surface area contributed by atoms with Gasteiger partial charge in [-0.05, 0) is 56.6 Å². The van der Waals surface area contributed by atoms with Crippen LogP contribution in [0, 0.1) is 6.92 Å². The molecule has 1 saturated heterocycles.